The van der Waals surface area contributed by atoms with Gasteiger partial charge in [-0.1, -0.05) is 39.9 Å². The molecule has 2 aliphatic rings. The minimum atomic E-state index is -4.95. The van der Waals surface area contributed by atoms with Crippen LogP contribution in [0.3, 0.4) is 0 Å². The Bertz CT molecular complexity index is 1010. The summed E-state index contributed by atoms with van der Waals surface area (Å²) < 4.78 is 68.1. The monoisotopic (exact) mass is 521 g/mol. The highest BCUT2D eigenvalue weighted by atomic mass is 79.9. The molecule has 3 rings (SSSR count). The van der Waals surface area contributed by atoms with Crippen molar-refractivity contribution >= 4 is 31.7 Å². The van der Waals surface area contributed by atoms with Gasteiger partial charge in [0, 0.05) is 16.6 Å². The van der Waals surface area contributed by atoms with Gasteiger partial charge in [0.05, 0.1) is 11.4 Å². The second-order valence-electron chi connectivity index (χ2n) is 8.23. The molecule has 1 amide bonds. The van der Waals surface area contributed by atoms with Crippen LogP contribution in [-0.2, 0) is 20.2 Å². The molecule has 2 atom stereocenters. The fraction of sp³-hybridized carbons (Fsp3) is 0.550. The molecular weight excluding hydrogens is 499 g/mol. The molecule has 4 N–H and O–H groups in total. The first-order chi connectivity index (χ1) is 14.2. The molecule has 0 radical (unpaired) electrons. The Morgan fingerprint density at radius 3 is 2.32 bits per heavy atom. The molecule has 2 aliphatic carbocycles. The number of amides is 1. The van der Waals surface area contributed by atoms with E-state index in [2.05, 4.69) is 38.4 Å². The van der Waals surface area contributed by atoms with E-state index in [4.69, 9.17) is 5.73 Å². The maximum atomic E-state index is 14.6. The smallest absolute Gasteiger partial charge is 0.337 e. The van der Waals surface area contributed by atoms with Crippen molar-refractivity contribution in [2.24, 2.45) is 11.7 Å². The summed E-state index contributed by atoms with van der Waals surface area (Å²) in [6.45, 7) is 0. The van der Waals surface area contributed by atoms with E-state index in [1.54, 1.807) is 0 Å². The molecule has 0 saturated heterocycles. The maximum absolute atomic E-state index is 14.6. The van der Waals surface area contributed by atoms with Crippen LogP contribution in [0.15, 0.2) is 28.7 Å². The number of carbonyl (C=O) groups is 1. The SMILES string of the molecule is CS(=O)(=O)C[C@H](N[C@@](C#CC1CC1)(c1ccc(Br)cc1)C(F)(F)F)C(=O)NC1(N)CC1. The van der Waals surface area contributed by atoms with E-state index in [-0.39, 0.29) is 11.5 Å². The molecule has 170 valence electrons. The van der Waals surface area contributed by atoms with Crippen LogP contribution in [0.1, 0.15) is 31.2 Å². The van der Waals surface area contributed by atoms with Gasteiger partial charge < -0.3 is 11.1 Å². The zero-order valence-electron chi connectivity index (χ0n) is 16.7. The Kier molecular flexibility index (Phi) is 6.50. The Morgan fingerprint density at radius 2 is 1.87 bits per heavy atom. The van der Waals surface area contributed by atoms with Crippen molar-refractivity contribution < 1.29 is 26.4 Å². The molecule has 0 heterocycles. The normalized spacial score (nSPS) is 20.7. The Hall–Kier alpha value is -1.61. The second kappa shape index (κ2) is 8.39. The topological polar surface area (TPSA) is 101 Å². The molecular formula is C20H23BrF3N3O3S. The van der Waals surface area contributed by atoms with Gasteiger partial charge in [0.1, 0.15) is 15.9 Å². The fourth-order valence-corrected chi connectivity index (χ4v) is 4.09. The van der Waals surface area contributed by atoms with Gasteiger partial charge in [-0.3, -0.25) is 10.1 Å². The van der Waals surface area contributed by atoms with E-state index in [1.807, 2.05) is 0 Å². The molecule has 0 unspecified atom stereocenters. The Balaban J connectivity index is 2.07. The third-order valence-corrected chi connectivity index (χ3v) is 6.55. The number of nitrogens with two attached hydrogens (primary N) is 1. The standard InChI is InChI=1S/C20H23BrF3N3O3S/c1-31(29,30)12-16(17(28)27-18(25)10-11-18)26-19(20(22,23)24,9-8-13-2-3-13)14-4-6-15(21)7-5-14/h4-7,13,16,26H,2-3,10-12,25H2,1H3,(H,27,28)/t16-,19-/m0/s1. The number of rotatable bonds is 7. The van der Waals surface area contributed by atoms with Crippen LogP contribution in [0.5, 0.6) is 0 Å². The summed E-state index contributed by atoms with van der Waals surface area (Å²) in [4.78, 5) is 12.8. The van der Waals surface area contributed by atoms with Gasteiger partial charge in [-0.2, -0.15) is 13.2 Å². The second-order valence-corrected chi connectivity index (χ2v) is 11.3. The number of hydrogen-bond donors (Lipinski definition) is 3. The van der Waals surface area contributed by atoms with Gasteiger partial charge in [-0.25, -0.2) is 8.42 Å². The molecule has 31 heavy (non-hydrogen) atoms. The zero-order chi connectivity index (χ0) is 23.1. The summed E-state index contributed by atoms with van der Waals surface area (Å²) in [7, 11) is -3.82. The van der Waals surface area contributed by atoms with E-state index in [9.17, 15) is 26.4 Å². The quantitative estimate of drug-likeness (QED) is 0.377. The van der Waals surface area contributed by atoms with Crippen molar-refractivity contribution in [2.75, 3.05) is 12.0 Å². The Morgan fingerprint density at radius 1 is 1.29 bits per heavy atom. The van der Waals surface area contributed by atoms with Gasteiger partial charge in [0.25, 0.3) is 0 Å². The Labute approximate surface area is 187 Å². The van der Waals surface area contributed by atoms with Crippen LogP contribution in [0.4, 0.5) is 13.2 Å². The van der Waals surface area contributed by atoms with E-state index < -0.39 is 44.9 Å². The lowest BCUT2D eigenvalue weighted by Gasteiger charge is -2.36. The predicted octanol–water partition coefficient (Wildman–Crippen LogP) is 2.19. The first-order valence-corrected chi connectivity index (χ1v) is 12.5. The largest absolute Gasteiger partial charge is 0.422 e. The zero-order valence-corrected chi connectivity index (χ0v) is 19.1. The maximum Gasteiger partial charge on any atom is 0.422 e. The molecule has 0 aliphatic heterocycles. The van der Waals surface area contributed by atoms with Gasteiger partial charge in [-0.05, 0) is 43.4 Å². The number of carbonyl (C=O) groups excluding carboxylic acids is 1. The molecule has 2 fully saturated rings. The lowest BCUT2D eigenvalue weighted by atomic mass is 9.88. The highest BCUT2D eigenvalue weighted by Gasteiger charge is 2.57. The van der Waals surface area contributed by atoms with Crippen LogP contribution in [0.2, 0.25) is 0 Å². The van der Waals surface area contributed by atoms with E-state index in [1.165, 1.54) is 24.3 Å². The van der Waals surface area contributed by atoms with Crippen molar-refractivity contribution in [1.82, 2.24) is 10.6 Å². The molecule has 0 bridgehead atoms. The third-order valence-electron chi connectivity index (χ3n) is 5.08. The summed E-state index contributed by atoms with van der Waals surface area (Å²) in [6, 6.07) is 3.64. The summed E-state index contributed by atoms with van der Waals surface area (Å²) in [5.41, 5.74) is 1.67. The van der Waals surface area contributed by atoms with Crippen LogP contribution < -0.4 is 16.4 Å². The number of sulfone groups is 1. The summed E-state index contributed by atoms with van der Waals surface area (Å²) >= 11 is 3.19. The van der Waals surface area contributed by atoms with Crippen molar-refractivity contribution in [3.8, 4) is 11.8 Å². The van der Waals surface area contributed by atoms with Crippen molar-refractivity contribution in [3.05, 3.63) is 34.3 Å². The van der Waals surface area contributed by atoms with Crippen molar-refractivity contribution in [2.45, 2.75) is 49.1 Å². The summed E-state index contributed by atoms with van der Waals surface area (Å²) in [5.74, 6) is 3.04. The van der Waals surface area contributed by atoms with E-state index in [0.29, 0.717) is 30.2 Å². The van der Waals surface area contributed by atoms with Gasteiger partial charge in [0.15, 0.2) is 0 Å². The number of nitrogens with one attached hydrogen (secondary N) is 2. The lowest BCUT2D eigenvalue weighted by Crippen LogP contribution is -2.63. The molecule has 1 aromatic carbocycles. The summed E-state index contributed by atoms with van der Waals surface area (Å²) in [5, 5.41) is 4.73. The minimum absolute atomic E-state index is 0.153. The molecule has 0 spiro atoms. The highest BCUT2D eigenvalue weighted by Crippen LogP contribution is 2.41. The summed E-state index contributed by atoms with van der Waals surface area (Å²) in [6.07, 6.45) is -1.77. The average molecular weight is 522 g/mol. The average Bonchev–Trinajstić information content (AvgIpc) is 3.55. The van der Waals surface area contributed by atoms with Crippen LogP contribution >= 0.6 is 15.9 Å². The fourth-order valence-electron chi connectivity index (χ4n) is 2.98. The minimum Gasteiger partial charge on any atom is -0.337 e. The molecule has 6 nitrogen and oxygen atoms in total. The molecule has 0 aromatic heterocycles. The number of alkyl halides is 3. The number of halogens is 4. The first kappa shape index (κ1) is 24.0. The number of hydrogen-bond acceptors (Lipinski definition) is 5. The molecule has 2 saturated carbocycles. The molecule has 1 aromatic rings. The van der Waals surface area contributed by atoms with E-state index in [0.717, 1.165) is 6.26 Å². The highest BCUT2D eigenvalue weighted by molar-refractivity contribution is 9.10. The van der Waals surface area contributed by atoms with Gasteiger partial charge in [-0.15, -0.1) is 0 Å². The molecule has 11 heteroatoms. The first-order valence-electron chi connectivity index (χ1n) is 9.65. The van der Waals surface area contributed by atoms with Crippen LogP contribution in [-0.4, -0.2) is 44.2 Å². The van der Waals surface area contributed by atoms with Gasteiger partial charge >= 0.3 is 6.18 Å². The predicted molar refractivity (Wildman–Crippen MR) is 113 cm³/mol. The van der Waals surface area contributed by atoms with Crippen molar-refractivity contribution in [1.29, 1.82) is 0 Å². The lowest BCUT2D eigenvalue weighted by molar-refractivity contribution is -0.184. The van der Waals surface area contributed by atoms with Crippen LogP contribution in [0.25, 0.3) is 0 Å². The van der Waals surface area contributed by atoms with Gasteiger partial charge in [0.2, 0.25) is 11.4 Å². The van der Waals surface area contributed by atoms with Crippen molar-refractivity contribution in [3.63, 3.8) is 0 Å². The van der Waals surface area contributed by atoms with E-state index >= 15 is 0 Å². The van der Waals surface area contributed by atoms with Crippen LogP contribution in [0, 0.1) is 17.8 Å². The number of benzene rings is 1. The third kappa shape index (κ3) is 6.22.